The molecule has 0 aromatic heterocycles. The highest BCUT2D eigenvalue weighted by Crippen LogP contribution is 2.19. The molecule has 2 heteroatoms. The van der Waals surface area contributed by atoms with Gasteiger partial charge in [0.2, 0.25) is 0 Å². The summed E-state index contributed by atoms with van der Waals surface area (Å²) in [6.07, 6.45) is 1.27. The molecule has 1 N–H and O–H groups in total. The minimum Gasteiger partial charge on any atom is -0.310 e. The van der Waals surface area contributed by atoms with Gasteiger partial charge in [-0.3, -0.25) is 0 Å². The van der Waals surface area contributed by atoms with Crippen LogP contribution >= 0.6 is 0 Å². The molecule has 1 aromatic carbocycles. The van der Waals surface area contributed by atoms with Gasteiger partial charge in [0.1, 0.15) is 0 Å². The van der Waals surface area contributed by atoms with E-state index in [1.807, 2.05) is 0 Å². The zero-order chi connectivity index (χ0) is 14.0. The number of nitrogens with one attached hydrogen (secondary N) is 1. The van der Waals surface area contributed by atoms with Crippen molar-refractivity contribution in [1.82, 2.24) is 10.2 Å². The fraction of sp³-hybridized carbons (Fsp3) is 0.647. The predicted octanol–water partition coefficient (Wildman–Crippen LogP) is 3.04. The molecular weight excluding hydrogens is 232 g/mol. The Bertz CT molecular complexity index is 416. The van der Waals surface area contributed by atoms with E-state index in [4.69, 9.17) is 0 Å². The highest BCUT2D eigenvalue weighted by Gasteiger charge is 2.23. The average molecular weight is 260 g/mol. The summed E-state index contributed by atoms with van der Waals surface area (Å²) in [7, 11) is 2.22. The van der Waals surface area contributed by atoms with Crippen LogP contribution < -0.4 is 5.32 Å². The molecule has 1 aliphatic heterocycles. The van der Waals surface area contributed by atoms with Gasteiger partial charge in [0.15, 0.2) is 0 Å². The van der Waals surface area contributed by atoms with Crippen molar-refractivity contribution in [2.45, 2.75) is 46.7 Å². The lowest BCUT2D eigenvalue weighted by Crippen LogP contribution is -2.46. The van der Waals surface area contributed by atoms with E-state index in [-0.39, 0.29) is 0 Å². The van der Waals surface area contributed by atoms with Crippen molar-refractivity contribution in [3.63, 3.8) is 0 Å². The quantitative estimate of drug-likeness (QED) is 0.898. The zero-order valence-electron chi connectivity index (χ0n) is 13.1. The molecular formula is C17H28N2. The van der Waals surface area contributed by atoms with Crippen molar-refractivity contribution in [3.8, 4) is 0 Å². The number of hydrogen-bond donors (Lipinski definition) is 1. The minimum atomic E-state index is 0.663. The summed E-state index contributed by atoms with van der Waals surface area (Å²) in [5.41, 5.74) is 5.69. The third-order valence-electron chi connectivity index (χ3n) is 4.49. The van der Waals surface area contributed by atoms with Crippen molar-refractivity contribution in [1.29, 1.82) is 0 Å². The molecule has 0 aliphatic carbocycles. The van der Waals surface area contributed by atoms with Gasteiger partial charge in [-0.25, -0.2) is 0 Å². The summed E-state index contributed by atoms with van der Waals surface area (Å²) >= 11 is 0. The van der Waals surface area contributed by atoms with Crippen LogP contribution in [0.3, 0.4) is 0 Å². The van der Waals surface area contributed by atoms with Crippen molar-refractivity contribution >= 4 is 0 Å². The summed E-state index contributed by atoms with van der Waals surface area (Å²) in [5, 5.41) is 3.78. The first-order valence-electron chi connectivity index (χ1n) is 7.46. The van der Waals surface area contributed by atoms with E-state index >= 15 is 0 Å². The van der Waals surface area contributed by atoms with Gasteiger partial charge >= 0.3 is 0 Å². The molecule has 2 atom stereocenters. The molecule has 0 radical (unpaired) electrons. The van der Waals surface area contributed by atoms with Gasteiger partial charge in [0.25, 0.3) is 0 Å². The summed E-state index contributed by atoms with van der Waals surface area (Å²) in [6, 6.07) is 5.25. The fourth-order valence-electron chi connectivity index (χ4n) is 3.38. The Hall–Kier alpha value is -0.860. The van der Waals surface area contributed by atoms with Crippen LogP contribution in [0.5, 0.6) is 0 Å². The van der Waals surface area contributed by atoms with Gasteiger partial charge in [0.05, 0.1) is 0 Å². The van der Waals surface area contributed by atoms with Crippen LogP contribution in [0.1, 0.15) is 35.6 Å². The van der Waals surface area contributed by atoms with E-state index in [9.17, 15) is 0 Å². The van der Waals surface area contributed by atoms with Gasteiger partial charge in [0, 0.05) is 19.1 Å². The maximum atomic E-state index is 3.78. The topological polar surface area (TPSA) is 15.3 Å². The Balaban J connectivity index is 1.99. The second-order valence-corrected chi connectivity index (χ2v) is 6.39. The Morgan fingerprint density at radius 3 is 2.42 bits per heavy atom. The van der Waals surface area contributed by atoms with Crippen LogP contribution in [0.2, 0.25) is 0 Å². The van der Waals surface area contributed by atoms with Gasteiger partial charge in [-0.15, -0.1) is 0 Å². The molecule has 2 nitrogen and oxygen atoms in total. The first-order valence-corrected chi connectivity index (χ1v) is 7.46. The highest BCUT2D eigenvalue weighted by atomic mass is 15.1. The molecule has 2 rings (SSSR count). The Morgan fingerprint density at radius 1 is 1.21 bits per heavy atom. The van der Waals surface area contributed by atoms with Gasteiger partial charge in [-0.2, -0.15) is 0 Å². The second-order valence-electron chi connectivity index (χ2n) is 6.39. The number of aryl methyl sites for hydroxylation is 3. The molecule has 0 spiro atoms. The number of hydrogen-bond acceptors (Lipinski definition) is 2. The molecule has 1 aliphatic rings. The van der Waals surface area contributed by atoms with Crippen LogP contribution in [0.25, 0.3) is 0 Å². The number of likely N-dealkylation sites (tertiary alicyclic amines) is 1. The van der Waals surface area contributed by atoms with Crippen molar-refractivity contribution < 1.29 is 0 Å². The number of piperidine rings is 1. The smallest absolute Gasteiger partial charge is 0.0213 e. The lowest BCUT2D eigenvalue weighted by molar-refractivity contribution is 0.174. The Labute approximate surface area is 118 Å². The third kappa shape index (κ3) is 3.58. The molecule has 19 heavy (non-hydrogen) atoms. The van der Waals surface area contributed by atoms with E-state index in [0.29, 0.717) is 6.04 Å². The molecule has 1 aromatic rings. The standard InChI is InChI=1S/C17H28N2/c1-12-8-13(2)16(14(3)9-12)10-18-17-6-7-19(5)11-15(17)4/h8-9,15,17-18H,6-7,10-11H2,1-5H3. The lowest BCUT2D eigenvalue weighted by Gasteiger charge is -2.35. The number of nitrogens with zero attached hydrogens (tertiary/aromatic N) is 1. The van der Waals surface area contributed by atoms with E-state index < -0.39 is 0 Å². The summed E-state index contributed by atoms with van der Waals surface area (Å²) in [5.74, 6) is 0.741. The molecule has 0 saturated carbocycles. The first-order chi connectivity index (χ1) is 8.97. The summed E-state index contributed by atoms with van der Waals surface area (Å²) in [6.45, 7) is 12.4. The molecule has 2 unspecified atom stereocenters. The van der Waals surface area contributed by atoms with Gasteiger partial charge < -0.3 is 10.2 Å². The zero-order valence-corrected chi connectivity index (χ0v) is 13.1. The normalized spacial score (nSPS) is 24.7. The Morgan fingerprint density at radius 2 is 1.84 bits per heavy atom. The lowest BCUT2D eigenvalue weighted by atomic mass is 9.93. The van der Waals surface area contributed by atoms with Crippen LogP contribution in [0.4, 0.5) is 0 Å². The molecule has 0 amide bonds. The Kier molecular flexibility index (Phi) is 4.64. The fourth-order valence-corrected chi connectivity index (χ4v) is 3.38. The van der Waals surface area contributed by atoms with Crippen molar-refractivity contribution in [3.05, 3.63) is 34.4 Å². The molecule has 1 saturated heterocycles. The monoisotopic (exact) mass is 260 g/mol. The highest BCUT2D eigenvalue weighted by molar-refractivity contribution is 5.37. The molecule has 1 heterocycles. The second kappa shape index (κ2) is 6.06. The largest absolute Gasteiger partial charge is 0.310 e. The van der Waals surface area contributed by atoms with E-state index in [2.05, 4.69) is 57.1 Å². The molecule has 106 valence electrons. The molecule has 1 fully saturated rings. The first kappa shape index (κ1) is 14.5. The number of benzene rings is 1. The third-order valence-corrected chi connectivity index (χ3v) is 4.49. The van der Waals surface area contributed by atoms with E-state index in [0.717, 1.165) is 12.5 Å². The summed E-state index contributed by atoms with van der Waals surface area (Å²) in [4.78, 5) is 2.44. The maximum absolute atomic E-state index is 3.78. The van der Waals surface area contributed by atoms with Crippen LogP contribution in [-0.4, -0.2) is 31.1 Å². The molecule has 0 bridgehead atoms. The van der Waals surface area contributed by atoms with Crippen molar-refractivity contribution in [2.24, 2.45) is 5.92 Å². The van der Waals surface area contributed by atoms with Gasteiger partial charge in [-0.05, 0) is 63.4 Å². The maximum Gasteiger partial charge on any atom is 0.0213 e. The SMILES string of the molecule is Cc1cc(C)c(CNC2CCN(C)CC2C)c(C)c1. The summed E-state index contributed by atoms with van der Waals surface area (Å²) < 4.78 is 0. The van der Waals surface area contributed by atoms with E-state index in [1.54, 1.807) is 0 Å². The van der Waals surface area contributed by atoms with Crippen LogP contribution in [0, 0.1) is 26.7 Å². The van der Waals surface area contributed by atoms with Crippen LogP contribution in [0.15, 0.2) is 12.1 Å². The van der Waals surface area contributed by atoms with Crippen LogP contribution in [-0.2, 0) is 6.54 Å². The number of rotatable bonds is 3. The van der Waals surface area contributed by atoms with Crippen molar-refractivity contribution in [2.75, 3.05) is 20.1 Å². The minimum absolute atomic E-state index is 0.663. The average Bonchev–Trinajstić information content (AvgIpc) is 2.30. The predicted molar refractivity (Wildman–Crippen MR) is 82.6 cm³/mol. The van der Waals surface area contributed by atoms with Gasteiger partial charge in [-0.1, -0.05) is 24.6 Å². The van der Waals surface area contributed by atoms with E-state index in [1.165, 1.54) is 41.8 Å².